The molecule has 0 atom stereocenters. The van der Waals surface area contributed by atoms with Crippen LogP contribution in [0.5, 0.6) is 0 Å². The highest BCUT2D eigenvalue weighted by molar-refractivity contribution is 7.89. The van der Waals surface area contributed by atoms with Gasteiger partial charge in [-0.25, -0.2) is 8.42 Å². The quantitative estimate of drug-likeness (QED) is 0.621. The first-order chi connectivity index (χ1) is 15.8. The molecule has 7 nitrogen and oxygen atoms in total. The normalized spacial score (nSPS) is 17.6. The van der Waals surface area contributed by atoms with Crippen LogP contribution in [0.1, 0.15) is 55.3 Å². The molecule has 4 rings (SSSR count). The van der Waals surface area contributed by atoms with Crippen molar-refractivity contribution in [2.45, 2.75) is 55.9 Å². The molecule has 0 radical (unpaired) electrons. The van der Waals surface area contributed by atoms with E-state index in [-0.39, 0.29) is 10.8 Å². The fourth-order valence-corrected chi connectivity index (χ4v) is 6.18. The monoisotopic (exact) mass is 470 g/mol. The van der Waals surface area contributed by atoms with Gasteiger partial charge in [0.15, 0.2) is 0 Å². The molecule has 1 heterocycles. The first-order valence-electron chi connectivity index (χ1n) is 11.8. The lowest BCUT2D eigenvalue weighted by molar-refractivity contribution is 0.102. The third-order valence-electron chi connectivity index (χ3n) is 6.47. The third kappa shape index (κ3) is 5.68. The molecule has 1 aliphatic heterocycles. The van der Waals surface area contributed by atoms with Gasteiger partial charge in [0.1, 0.15) is 0 Å². The number of amides is 1. The van der Waals surface area contributed by atoms with Crippen LogP contribution in [0.15, 0.2) is 47.4 Å². The number of hydrogen-bond acceptors (Lipinski definition) is 5. The van der Waals surface area contributed by atoms with Crippen molar-refractivity contribution >= 4 is 33.0 Å². The summed E-state index contributed by atoms with van der Waals surface area (Å²) in [5.74, 6) is -0.323. The summed E-state index contributed by atoms with van der Waals surface area (Å²) in [5, 5.41) is 6.43. The van der Waals surface area contributed by atoms with Gasteiger partial charge in [0.25, 0.3) is 5.91 Å². The number of hydrogen-bond donors (Lipinski definition) is 2. The van der Waals surface area contributed by atoms with E-state index in [0.717, 1.165) is 31.4 Å². The molecule has 2 aromatic carbocycles. The number of nitrogens with zero attached hydrogens (tertiary/aromatic N) is 2. The van der Waals surface area contributed by atoms with E-state index in [1.165, 1.54) is 29.6 Å². The van der Waals surface area contributed by atoms with Gasteiger partial charge >= 0.3 is 0 Å². The zero-order valence-electron chi connectivity index (χ0n) is 19.5. The lowest BCUT2D eigenvalue weighted by Gasteiger charge is -2.25. The van der Waals surface area contributed by atoms with Crippen LogP contribution in [0.2, 0.25) is 0 Å². The minimum Gasteiger partial charge on any atom is -0.382 e. The van der Waals surface area contributed by atoms with Crippen LogP contribution < -0.4 is 15.5 Å². The second-order valence-electron chi connectivity index (χ2n) is 9.24. The van der Waals surface area contributed by atoms with Crippen molar-refractivity contribution in [2.75, 3.05) is 42.7 Å². The highest BCUT2D eigenvalue weighted by Crippen LogP contribution is 2.28. The molecule has 1 aliphatic carbocycles. The summed E-state index contributed by atoms with van der Waals surface area (Å²) in [4.78, 5) is 15.3. The van der Waals surface area contributed by atoms with Gasteiger partial charge in [-0.15, -0.1) is 0 Å². The lowest BCUT2D eigenvalue weighted by atomic mass is 9.95. The Labute approximate surface area is 197 Å². The van der Waals surface area contributed by atoms with Crippen molar-refractivity contribution in [1.82, 2.24) is 4.31 Å². The van der Waals surface area contributed by atoms with Crippen LogP contribution in [0.25, 0.3) is 0 Å². The van der Waals surface area contributed by atoms with Crippen LogP contribution in [0, 0.1) is 0 Å². The highest BCUT2D eigenvalue weighted by Gasteiger charge is 2.29. The SMILES string of the molecule is CN(C)c1cccc(NC(=O)c2cc(NC3CCCCC3)cc(S(=O)(=O)N3CCCC3)c2)c1. The lowest BCUT2D eigenvalue weighted by Crippen LogP contribution is -2.28. The van der Waals surface area contributed by atoms with Crippen LogP contribution >= 0.6 is 0 Å². The van der Waals surface area contributed by atoms with Crippen LogP contribution in [0.4, 0.5) is 17.1 Å². The maximum atomic E-state index is 13.3. The zero-order chi connectivity index (χ0) is 23.4. The Morgan fingerprint density at radius 2 is 1.67 bits per heavy atom. The molecule has 178 valence electrons. The molecule has 2 aromatic rings. The molecule has 2 aliphatic rings. The molecule has 0 bridgehead atoms. The number of nitrogens with one attached hydrogen (secondary N) is 2. The average Bonchev–Trinajstić information content (AvgIpc) is 3.36. The van der Waals surface area contributed by atoms with E-state index in [1.54, 1.807) is 12.1 Å². The van der Waals surface area contributed by atoms with Gasteiger partial charge in [-0.2, -0.15) is 4.31 Å². The number of sulfonamides is 1. The predicted octanol–water partition coefficient (Wildman–Crippen LogP) is 4.53. The van der Waals surface area contributed by atoms with E-state index >= 15 is 0 Å². The number of carbonyl (C=O) groups is 1. The van der Waals surface area contributed by atoms with E-state index in [0.29, 0.717) is 36.1 Å². The molecule has 8 heteroatoms. The second kappa shape index (κ2) is 10.1. The molecule has 1 saturated carbocycles. The molecular weight excluding hydrogens is 436 g/mol. The molecule has 0 aromatic heterocycles. The summed E-state index contributed by atoms with van der Waals surface area (Å²) in [6.45, 7) is 1.06. The molecule has 1 amide bonds. The van der Waals surface area contributed by atoms with Crippen molar-refractivity contribution < 1.29 is 13.2 Å². The molecule has 0 unspecified atom stereocenters. The second-order valence-corrected chi connectivity index (χ2v) is 11.2. The fraction of sp³-hybridized carbons (Fsp3) is 0.480. The molecular formula is C25H34N4O3S. The van der Waals surface area contributed by atoms with Crippen molar-refractivity contribution in [3.05, 3.63) is 48.0 Å². The standard InChI is InChI=1S/C25H34N4O3S/c1-28(2)23-12-8-11-21(17-23)27-25(30)19-15-22(26-20-9-4-3-5-10-20)18-24(16-19)33(31,32)29-13-6-7-14-29/h8,11-12,15-18,20,26H,3-7,9-10,13-14H2,1-2H3,(H,27,30). The number of anilines is 3. The van der Waals surface area contributed by atoms with E-state index in [4.69, 9.17) is 0 Å². The van der Waals surface area contributed by atoms with Gasteiger partial charge in [0.2, 0.25) is 10.0 Å². The predicted molar refractivity (Wildman–Crippen MR) is 134 cm³/mol. The van der Waals surface area contributed by atoms with Crippen molar-refractivity contribution in [3.63, 3.8) is 0 Å². The van der Waals surface area contributed by atoms with Gasteiger partial charge in [-0.1, -0.05) is 25.3 Å². The summed E-state index contributed by atoms with van der Waals surface area (Å²) < 4.78 is 28.1. The van der Waals surface area contributed by atoms with E-state index in [2.05, 4.69) is 10.6 Å². The molecule has 2 N–H and O–H groups in total. The third-order valence-corrected chi connectivity index (χ3v) is 8.34. The Kier molecular flexibility index (Phi) is 7.24. The number of carbonyl (C=O) groups excluding carboxylic acids is 1. The number of rotatable bonds is 7. The summed E-state index contributed by atoms with van der Waals surface area (Å²) in [7, 11) is 0.240. The average molecular weight is 471 g/mol. The molecule has 2 fully saturated rings. The Morgan fingerprint density at radius 1 is 0.939 bits per heavy atom. The zero-order valence-corrected chi connectivity index (χ0v) is 20.3. The summed E-state index contributed by atoms with van der Waals surface area (Å²) in [6.07, 6.45) is 7.42. The topological polar surface area (TPSA) is 81.8 Å². The Balaban J connectivity index is 1.64. The largest absolute Gasteiger partial charge is 0.382 e. The fourth-order valence-electron chi connectivity index (χ4n) is 4.59. The minimum absolute atomic E-state index is 0.178. The minimum atomic E-state index is -3.64. The highest BCUT2D eigenvalue weighted by atomic mass is 32.2. The Morgan fingerprint density at radius 3 is 2.36 bits per heavy atom. The maximum absolute atomic E-state index is 13.3. The van der Waals surface area contributed by atoms with E-state index in [1.807, 2.05) is 43.3 Å². The van der Waals surface area contributed by atoms with Gasteiger partial charge in [0, 0.05) is 55.9 Å². The smallest absolute Gasteiger partial charge is 0.255 e. The first kappa shape index (κ1) is 23.6. The Hall–Kier alpha value is -2.58. The van der Waals surface area contributed by atoms with Crippen LogP contribution in [0.3, 0.4) is 0 Å². The maximum Gasteiger partial charge on any atom is 0.255 e. The number of benzene rings is 2. The first-order valence-corrected chi connectivity index (χ1v) is 13.3. The van der Waals surface area contributed by atoms with Gasteiger partial charge in [-0.05, 0) is 62.1 Å². The van der Waals surface area contributed by atoms with E-state index in [9.17, 15) is 13.2 Å². The van der Waals surface area contributed by atoms with Crippen molar-refractivity contribution in [1.29, 1.82) is 0 Å². The van der Waals surface area contributed by atoms with Crippen molar-refractivity contribution in [2.24, 2.45) is 0 Å². The van der Waals surface area contributed by atoms with Gasteiger partial charge in [-0.3, -0.25) is 4.79 Å². The van der Waals surface area contributed by atoms with Gasteiger partial charge < -0.3 is 15.5 Å². The molecule has 1 saturated heterocycles. The Bertz CT molecular complexity index is 1090. The van der Waals surface area contributed by atoms with Crippen LogP contribution in [-0.2, 0) is 10.0 Å². The van der Waals surface area contributed by atoms with Crippen LogP contribution in [-0.4, -0.2) is 51.9 Å². The molecule has 0 spiro atoms. The molecule has 33 heavy (non-hydrogen) atoms. The van der Waals surface area contributed by atoms with Gasteiger partial charge in [0.05, 0.1) is 4.90 Å². The summed E-state index contributed by atoms with van der Waals surface area (Å²) in [6, 6.07) is 12.8. The van der Waals surface area contributed by atoms with E-state index < -0.39 is 10.0 Å². The summed E-state index contributed by atoms with van der Waals surface area (Å²) in [5.41, 5.74) is 2.66. The van der Waals surface area contributed by atoms with Crippen molar-refractivity contribution in [3.8, 4) is 0 Å². The summed E-state index contributed by atoms with van der Waals surface area (Å²) >= 11 is 0.